The predicted octanol–water partition coefficient (Wildman–Crippen LogP) is 6.44. The molecule has 0 spiro atoms. The average Bonchev–Trinajstić information content (AvgIpc) is 2.95. The number of alkyl halides is 3. The Balaban J connectivity index is 1.39. The largest absolute Gasteiger partial charge is 0.416 e. The number of nitrogens with zero attached hydrogens (tertiary/aromatic N) is 2. The third-order valence-electron chi connectivity index (χ3n) is 6.08. The lowest BCUT2D eigenvalue weighted by atomic mass is 9.98. The van der Waals surface area contributed by atoms with Gasteiger partial charge in [-0.25, -0.2) is 9.97 Å². The van der Waals surface area contributed by atoms with Crippen molar-refractivity contribution >= 4 is 46.4 Å². The third kappa shape index (κ3) is 7.90. The average molecular weight is 577 g/mol. The van der Waals surface area contributed by atoms with Crippen LogP contribution in [0.5, 0.6) is 0 Å². The Hall–Kier alpha value is -5.26. The van der Waals surface area contributed by atoms with Gasteiger partial charge >= 0.3 is 6.18 Å². The van der Waals surface area contributed by atoms with Gasteiger partial charge in [0.1, 0.15) is 0 Å². The van der Waals surface area contributed by atoms with Gasteiger partial charge in [-0.1, -0.05) is 24.3 Å². The van der Waals surface area contributed by atoms with Gasteiger partial charge in [0.05, 0.1) is 23.7 Å². The Bertz CT molecular complexity index is 1590. The first-order valence-electron chi connectivity index (χ1n) is 12.9. The lowest BCUT2D eigenvalue weighted by molar-refractivity contribution is -0.113. The van der Waals surface area contributed by atoms with E-state index in [1.54, 1.807) is 56.3 Å². The second kappa shape index (κ2) is 12.9. The van der Waals surface area contributed by atoms with Crippen molar-refractivity contribution in [1.29, 1.82) is 0 Å². The third-order valence-corrected chi connectivity index (χ3v) is 6.08. The van der Waals surface area contributed by atoms with Crippen LogP contribution in [0.2, 0.25) is 0 Å². The highest BCUT2D eigenvalue weighted by Gasteiger charge is 2.34. The molecule has 42 heavy (non-hydrogen) atoms. The van der Waals surface area contributed by atoms with E-state index >= 15 is 0 Å². The zero-order valence-corrected chi connectivity index (χ0v) is 22.7. The first-order chi connectivity index (χ1) is 20.0. The Morgan fingerprint density at radius 2 is 1.57 bits per heavy atom. The highest BCUT2D eigenvalue weighted by Crippen LogP contribution is 2.32. The number of nitrogens with one attached hydrogen (secondary N) is 4. The number of hydrogen-bond donors (Lipinski definition) is 4. The molecule has 2 aromatic carbocycles. The fourth-order valence-electron chi connectivity index (χ4n) is 4.03. The maximum atomic E-state index is 13.0. The molecular formula is C30H27F3N6O3. The number of benzene rings is 2. The zero-order valence-electron chi connectivity index (χ0n) is 22.7. The summed E-state index contributed by atoms with van der Waals surface area (Å²) >= 11 is 0. The normalized spacial score (nSPS) is 13.2. The van der Waals surface area contributed by atoms with Crippen LogP contribution in [0.4, 0.5) is 41.9 Å². The van der Waals surface area contributed by atoms with Crippen LogP contribution in [0.15, 0.2) is 90.3 Å². The molecule has 12 heteroatoms. The lowest BCUT2D eigenvalue weighted by Crippen LogP contribution is -2.20. The van der Waals surface area contributed by atoms with Crippen molar-refractivity contribution in [1.82, 2.24) is 9.97 Å². The predicted molar refractivity (Wildman–Crippen MR) is 154 cm³/mol. The minimum absolute atomic E-state index is 0.00683. The number of anilines is 5. The summed E-state index contributed by atoms with van der Waals surface area (Å²) in [5, 5.41) is 11.0. The van der Waals surface area contributed by atoms with Gasteiger partial charge in [-0.2, -0.15) is 13.2 Å². The molecule has 0 atom stereocenters. The van der Waals surface area contributed by atoms with Crippen LogP contribution in [0.1, 0.15) is 35.7 Å². The lowest BCUT2D eigenvalue weighted by Gasteiger charge is -2.16. The molecule has 0 bridgehead atoms. The van der Waals surface area contributed by atoms with Crippen molar-refractivity contribution in [3.05, 3.63) is 101 Å². The Kier molecular flexibility index (Phi) is 9.15. The van der Waals surface area contributed by atoms with Gasteiger partial charge in [0.15, 0.2) is 0 Å². The Morgan fingerprint density at radius 1 is 0.881 bits per heavy atom. The first kappa shape index (κ1) is 29.7. The van der Waals surface area contributed by atoms with Crippen molar-refractivity contribution in [3.63, 3.8) is 0 Å². The number of aryl methyl sites for hydroxylation is 1. The first-order valence-corrected chi connectivity index (χ1v) is 12.9. The second-order valence-electron chi connectivity index (χ2n) is 9.29. The van der Waals surface area contributed by atoms with E-state index in [-0.39, 0.29) is 41.5 Å². The number of carbonyl (C=O) groups is 3. The van der Waals surface area contributed by atoms with Crippen LogP contribution in [0.3, 0.4) is 0 Å². The number of halogens is 3. The zero-order chi connectivity index (χ0) is 30.3. The number of aromatic nitrogens is 2. The maximum absolute atomic E-state index is 13.0. The summed E-state index contributed by atoms with van der Waals surface area (Å²) in [6.07, 6.45) is 3.51. The summed E-state index contributed by atoms with van der Waals surface area (Å²) in [5.74, 6) is -1.15. The van der Waals surface area contributed by atoms with E-state index in [2.05, 4.69) is 31.2 Å². The standard InChI is InChI=1S/C30H27F3N6O3/c1-3-6-26(40)36-21-9-5-10-22(14-21)39-29-34-16-24(17-35-29)38-28(42)25-15-23(12-11-18(25)2)37-27(41)19-7-4-8-20(13-19)30(31,32)33/h3,5-6,8-17H,4,7H2,1-2H3,(H,36,40)(H,37,41)(H,38,42)(H,34,35,39)/b6-3+. The highest BCUT2D eigenvalue weighted by molar-refractivity contribution is 6.08. The van der Waals surface area contributed by atoms with Gasteiger partial charge in [-0.3, -0.25) is 14.4 Å². The summed E-state index contributed by atoms with van der Waals surface area (Å²) < 4.78 is 39.1. The summed E-state index contributed by atoms with van der Waals surface area (Å²) in [7, 11) is 0. The SMILES string of the molecule is C/C=C/C(=O)Nc1cccc(Nc2ncc(NC(=O)c3cc(NC(=O)C4=CC(C(F)(F)F)=CCC4)ccc3C)cn2)c1. The molecular weight excluding hydrogens is 549 g/mol. The van der Waals surface area contributed by atoms with Gasteiger partial charge < -0.3 is 21.3 Å². The molecule has 1 aromatic heterocycles. The minimum Gasteiger partial charge on any atom is -0.324 e. The van der Waals surface area contributed by atoms with E-state index in [4.69, 9.17) is 0 Å². The van der Waals surface area contributed by atoms with Gasteiger partial charge in [0, 0.05) is 28.2 Å². The van der Waals surface area contributed by atoms with Crippen LogP contribution in [-0.2, 0) is 9.59 Å². The summed E-state index contributed by atoms with van der Waals surface area (Å²) in [5.41, 5.74) is 1.81. The summed E-state index contributed by atoms with van der Waals surface area (Å²) in [6, 6.07) is 11.6. The van der Waals surface area contributed by atoms with E-state index in [0.717, 1.165) is 12.2 Å². The quantitative estimate of drug-likeness (QED) is 0.229. The molecule has 1 aliphatic rings. The van der Waals surface area contributed by atoms with Crippen molar-refractivity contribution in [2.75, 3.05) is 21.3 Å². The van der Waals surface area contributed by atoms with Gasteiger partial charge in [-0.15, -0.1) is 0 Å². The molecule has 3 amide bonds. The molecule has 216 valence electrons. The minimum atomic E-state index is -4.53. The van der Waals surface area contributed by atoms with E-state index < -0.39 is 23.6 Å². The molecule has 0 fully saturated rings. The van der Waals surface area contributed by atoms with E-state index in [1.807, 2.05) is 0 Å². The van der Waals surface area contributed by atoms with Crippen molar-refractivity contribution in [3.8, 4) is 0 Å². The number of carbonyl (C=O) groups excluding carboxylic acids is 3. The van der Waals surface area contributed by atoms with Crippen LogP contribution < -0.4 is 21.3 Å². The van der Waals surface area contributed by atoms with Crippen LogP contribution in [0, 0.1) is 6.92 Å². The van der Waals surface area contributed by atoms with Gasteiger partial charge in [-0.05, 0) is 74.7 Å². The Morgan fingerprint density at radius 3 is 2.29 bits per heavy atom. The van der Waals surface area contributed by atoms with Gasteiger partial charge in [0.25, 0.3) is 11.8 Å². The molecule has 3 aromatic rings. The highest BCUT2D eigenvalue weighted by atomic mass is 19.4. The monoisotopic (exact) mass is 576 g/mol. The molecule has 4 N–H and O–H groups in total. The number of hydrogen-bond acceptors (Lipinski definition) is 6. The molecule has 0 aliphatic heterocycles. The number of amides is 3. The smallest absolute Gasteiger partial charge is 0.324 e. The van der Waals surface area contributed by atoms with E-state index in [1.165, 1.54) is 24.5 Å². The van der Waals surface area contributed by atoms with Crippen LogP contribution in [-0.4, -0.2) is 33.9 Å². The molecule has 0 saturated heterocycles. The molecule has 0 saturated carbocycles. The molecule has 9 nitrogen and oxygen atoms in total. The van der Waals surface area contributed by atoms with Crippen LogP contribution >= 0.6 is 0 Å². The summed E-state index contributed by atoms with van der Waals surface area (Å²) in [6.45, 7) is 3.46. The summed E-state index contributed by atoms with van der Waals surface area (Å²) in [4.78, 5) is 45.8. The maximum Gasteiger partial charge on any atom is 0.416 e. The second-order valence-corrected chi connectivity index (χ2v) is 9.29. The Labute approximate surface area is 239 Å². The number of rotatable bonds is 8. The fourth-order valence-corrected chi connectivity index (χ4v) is 4.03. The molecule has 1 heterocycles. The van der Waals surface area contributed by atoms with Crippen molar-refractivity contribution < 1.29 is 27.6 Å². The van der Waals surface area contributed by atoms with Crippen LogP contribution in [0.25, 0.3) is 0 Å². The van der Waals surface area contributed by atoms with Gasteiger partial charge in [0.2, 0.25) is 11.9 Å². The molecule has 4 rings (SSSR count). The number of allylic oxidation sites excluding steroid dienone is 4. The van der Waals surface area contributed by atoms with E-state index in [0.29, 0.717) is 22.6 Å². The fraction of sp³-hybridized carbons (Fsp3) is 0.167. The van der Waals surface area contributed by atoms with E-state index in [9.17, 15) is 27.6 Å². The van der Waals surface area contributed by atoms with Crippen molar-refractivity contribution in [2.45, 2.75) is 32.9 Å². The molecule has 1 aliphatic carbocycles. The molecule has 0 radical (unpaired) electrons. The topological polar surface area (TPSA) is 125 Å². The molecule has 0 unspecified atom stereocenters. The van der Waals surface area contributed by atoms with Crippen molar-refractivity contribution in [2.24, 2.45) is 0 Å².